The number of alkyl halides is 15. The van der Waals surface area contributed by atoms with Crippen LogP contribution in [0.3, 0.4) is 0 Å². The van der Waals surface area contributed by atoms with Crippen LogP contribution in [0, 0.1) is 0 Å². The Kier molecular flexibility index (Phi) is 8.98. The number of hydrogen-bond donors (Lipinski definition) is 0. The van der Waals surface area contributed by atoms with Gasteiger partial charge >= 0.3 is 47.0 Å². The minimum atomic E-state index is -8.61. The van der Waals surface area contributed by atoms with E-state index in [4.69, 9.17) is 0 Å². The first-order valence-electron chi connectivity index (χ1n) is 8.29. The molecule has 0 saturated carbocycles. The largest absolute Gasteiger partial charge is 0.461 e. The maximum atomic E-state index is 14.0. The predicted molar refractivity (Wildman–Crippen MR) is 83.1 cm³/mol. The normalized spacial score (nSPS) is 15.3. The minimum Gasteiger partial charge on any atom is -0.461 e. The van der Waals surface area contributed by atoms with E-state index in [0.717, 1.165) is 0 Å². The summed E-state index contributed by atoms with van der Waals surface area (Å²) < 4.78 is 225. The molecule has 0 aliphatic rings. The zero-order valence-corrected chi connectivity index (χ0v) is 17.4. The van der Waals surface area contributed by atoms with Crippen molar-refractivity contribution in [2.75, 3.05) is 19.7 Å². The van der Waals surface area contributed by atoms with Gasteiger partial charge in [0.2, 0.25) is 0 Å². The van der Waals surface area contributed by atoms with Crippen LogP contribution in [0.15, 0.2) is 12.7 Å². The molecule has 0 heterocycles. The molecule has 0 atom stereocenters. The summed E-state index contributed by atoms with van der Waals surface area (Å²) in [6.07, 6.45) is -7.35. The van der Waals surface area contributed by atoms with Gasteiger partial charge in [0.15, 0.2) is 0 Å². The van der Waals surface area contributed by atoms with E-state index in [9.17, 15) is 79.1 Å². The van der Waals surface area contributed by atoms with Gasteiger partial charge < -0.3 is 4.74 Å². The van der Waals surface area contributed by atoms with Crippen molar-refractivity contribution in [1.82, 2.24) is 4.31 Å². The lowest BCUT2D eigenvalue weighted by molar-refractivity contribution is -0.447. The SMILES string of the molecule is C=CC(=O)OCCN(CC)S(=O)(=O)C(F)(F)C(F)(F)C(F)(F)C(F)(F)C(F)(F)C(F)(F)C(F)(F)F. The molecule has 0 aromatic heterocycles. The highest BCUT2D eigenvalue weighted by molar-refractivity contribution is 7.90. The Morgan fingerprint density at radius 2 is 1.14 bits per heavy atom. The fourth-order valence-electron chi connectivity index (χ4n) is 2.03. The summed E-state index contributed by atoms with van der Waals surface area (Å²) in [6.45, 7) is -0.769. The van der Waals surface area contributed by atoms with Crippen LogP contribution in [0.5, 0.6) is 0 Å². The molecule has 0 aliphatic carbocycles. The minimum absolute atomic E-state index is 0.424. The lowest BCUT2D eigenvalue weighted by Gasteiger charge is -2.41. The highest BCUT2D eigenvalue weighted by Gasteiger charge is 2.94. The van der Waals surface area contributed by atoms with Crippen LogP contribution in [0.25, 0.3) is 0 Å². The molecule has 0 bridgehead atoms. The Hall–Kier alpha value is -1.93. The van der Waals surface area contributed by atoms with Crippen molar-refractivity contribution in [2.24, 2.45) is 0 Å². The number of halogens is 15. The quantitative estimate of drug-likeness (QED) is 0.193. The monoisotopic (exact) mass is 575 g/mol. The first-order chi connectivity index (χ1) is 15.2. The van der Waals surface area contributed by atoms with Crippen LogP contribution in [0.1, 0.15) is 6.92 Å². The fraction of sp³-hybridized carbons (Fsp3) is 0.786. The van der Waals surface area contributed by atoms with E-state index in [0.29, 0.717) is 13.0 Å². The van der Waals surface area contributed by atoms with E-state index in [1.54, 1.807) is 0 Å². The van der Waals surface area contributed by atoms with Crippen molar-refractivity contribution < 1.29 is 83.8 Å². The Morgan fingerprint density at radius 1 is 0.771 bits per heavy atom. The van der Waals surface area contributed by atoms with Crippen LogP contribution in [-0.4, -0.2) is 79.4 Å². The van der Waals surface area contributed by atoms with Crippen molar-refractivity contribution in [1.29, 1.82) is 0 Å². The maximum absolute atomic E-state index is 14.0. The smallest absolute Gasteiger partial charge is 0.460 e. The second-order valence-electron chi connectivity index (χ2n) is 6.25. The standard InChI is InChI=1S/C14H12F15NO4S/c1-3-7(31)34-6-5-30(4-2)35(32,33)14(28,29)12(23,24)10(19,20)8(15,16)9(17,18)11(21,22)13(25,26)27/h3H,1,4-6H2,2H3. The molecule has 0 aromatic carbocycles. The molecule has 0 fully saturated rings. The number of hydrogen-bond acceptors (Lipinski definition) is 4. The lowest BCUT2D eigenvalue weighted by atomic mass is 9.94. The molecule has 5 nitrogen and oxygen atoms in total. The Morgan fingerprint density at radius 3 is 1.49 bits per heavy atom. The summed E-state index contributed by atoms with van der Waals surface area (Å²) in [5, 5.41) is -7.52. The first-order valence-corrected chi connectivity index (χ1v) is 9.73. The summed E-state index contributed by atoms with van der Waals surface area (Å²) in [5.74, 6) is -43.4. The molecule has 0 rings (SSSR count). The summed E-state index contributed by atoms with van der Waals surface area (Å²) in [4.78, 5) is 10.8. The van der Waals surface area contributed by atoms with Crippen LogP contribution in [-0.2, 0) is 19.6 Å². The molecule has 0 N–H and O–H groups in total. The number of esters is 1. The molecule has 0 radical (unpaired) electrons. The van der Waals surface area contributed by atoms with E-state index >= 15 is 0 Å². The number of ether oxygens (including phenoxy) is 1. The van der Waals surface area contributed by atoms with Crippen molar-refractivity contribution >= 4 is 16.0 Å². The van der Waals surface area contributed by atoms with Crippen LogP contribution in [0.4, 0.5) is 65.9 Å². The second kappa shape index (κ2) is 9.51. The Balaban J connectivity index is 6.62. The fourth-order valence-corrected chi connectivity index (χ4v) is 3.46. The summed E-state index contributed by atoms with van der Waals surface area (Å²) >= 11 is 0. The molecule has 0 spiro atoms. The van der Waals surface area contributed by atoms with Crippen LogP contribution in [0.2, 0.25) is 0 Å². The van der Waals surface area contributed by atoms with Crippen LogP contribution >= 0.6 is 0 Å². The first kappa shape index (κ1) is 33.1. The molecule has 0 amide bonds. The van der Waals surface area contributed by atoms with Crippen molar-refractivity contribution in [3.05, 3.63) is 12.7 Å². The zero-order chi connectivity index (χ0) is 28.7. The van der Waals surface area contributed by atoms with Gasteiger partial charge in [-0.25, -0.2) is 13.2 Å². The average molecular weight is 575 g/mol. The highest BCUT2D eigenvalue weighted by atomic mass is 32.2. The molecular weight excluding hydrogens is 563 g/mol. The van der Waals surface area contributed by atoms with Crippen LogP contribution < -0.4 is 0 Å². The van der Waals surface area contributed by atoms with Crippen molar-refractivity contribution in [2.45, 2.75) is 48.0 Å². The second-order valence-corrected chi connectivity index (χ2v) is 8.23. The van der Waals surface area contributed by atoms with Gasteiger partial charge in [-0.15, -0.1) is 0 Å². The van der Waals surface area contributed by atoms with Gasteiger partial charge in [-0.05, 0) is 0 Å². The summed E-state index contributed by atoms with van der Waals surface area (Å²) in [6, 6.07) is 0. The molecular formula is C14H12F15NO4S. The average Bonchev–Trinajstić information content (AvgIpc) is 2.68. The van der Waals surface area contributed by atoms with Gasteiger partial charge in [-0.3, -0.25) is 0 Å². The van der Waals surface area contributed by atoms with E-state index in [1.165, 1.54) is 0 Å². The van der Waals surface area contributed by atoms with Gasteiger partial charge in [0, 0.05) is 19.2 Å². The number of rotatable bonds is 12. The van der Waals surface area contributed by atoms with E-state index in [-0.39, 0.29) is 0 Å². The molecule has 0 unspecified atom stereocenters. The predicted octanol–water partition coefficient (Wildman–Crippen LogP) is 4.70. The van der Waals surface area contributed by atoms with Gasteiger partial charge in [0.05, 0.1) is 0 Å². The van der Waals surface area contributed by atoms with Gasteiger partial charge in [-0.1, -0.05) is 13.5 Å². The van der Waals surface area contributed by atoms with E-state index in [2.05, 4.69) is 11.3 Å². The van der Waals surface area contributed by atoms with Gasteiger partial charge in [0.25, 0.3) is 10.0 Å². The van der Waals surface area contributed by atoms with Gasteiger partial charge in [-0.2, -0.15) is 70.2 Å². The summed E-state index contributed by atoms with van der Waals surface area (Å²) in [5.41, 5.74) is 0. The molecule has 35 heavy (non-hydrogen) atoms. The Bertz CT molecular complexity index is 898. The topological polar surface area (TPSA) is 63.7 Å². The van der Waals surface area contributed by atoms with E-state index < -0.39 is 81.0 Å². The zero-order valence-electron chi connectivity index (χ0n) is 16.6. The Labute approximate surface area is 185 Å². The number of carbonyl (C=O) groups is 1. The third kappa shape index (κ3) is 4.88. The van der Waals surface area contributed by atoms with E-state index in [1.807, 2.05) is 0 Å². The number of sulfonamides is 1. The molecule has 0 aromatic rings. The third-order valence-electron chi connectivity index (χ3n) is 4.07. The number of nitrogens with zero attached hydrogens (tertiary/aromatic N) is 1. The molecule has 0 saturated heterocycles. The van der Waals surface area contributed by atoms with Gasteiger partial charge in [0.1, 0.15) is 6.61 Å². The summed E-state index contributed by atoms with van der Waals surface area (Å²) in [7, 11) is -7.30. The van der Waals surface area contributed by atoms with Crippen molar-refractivity contribution in [3.8, 4) is 0 Å². The molecule has 0 aliphatic heterocycles. The number of carbonyl (C=O) groups excluding carboxylic acids is 1. The van der Waals surface area contributed by atoms with Crippen molar-refractivity contribution in [3.63, 3.8) is 0 Å². The molecule has 208 valence electrons. The maximum Gasteiger partial charge on any atom is 0.460 e. The number of likely N-dealkylation sites (N-methyl/N-ethyl adjacent to an activating group) is 1. The molecule has 21 heteroatoms. The third-order valence-corrected chi connectivity index (χ3v) is 6.09. The lowest BCUT2D eigenvalue weighted by Crippen LogP contribution is -2.73. The highest BCUT2D eigenvalue weighted by Crippen LogP contribution is 2.63.